The Labute approximate surface area is 149 Å². The molecular formula is C16H21F3N2O4S. The molecule has 6 nitrogen and oxygen atoms in total. The van der Waals surface area contributed by atoms with Crippen LogP contribution in [0.4, 0.5) is 13.2 Å². The van der Waals surface area contributed by atoms with E-state index in [2.05, 4.69) is 0 Å². The van der Waals surface area contributed by atoms with Crippen molar-refractivity contribution >= 4 is 10.0 Å². The number of hydrogen-bond donors (Lipinski definition) is 2. The van der Waals surface area contributed by atoms with Gasteiger partial charge in [-0.05, 0) is 42.5 Å². The average molecular weight is 394 g/mol. The Morgan fingerprint density at radius 3 is 2.73 bits per heavy atom. The summed E-state index contributed by atoms with van der Waals surface area (Å²) in [6.45, 7) is 0.607. The molecule has 1 unspecified atom stereocenters. The molecule has 1 aromatic rings. The van der Waals surface area contributed by atoms with Crippen molar-refractivity contribution in [3.8, 4) is 0 Å². The first-order chi connectivity index (χ1) is 12.2. The van der Waals surface area contributed by atoms with E-state index in [1.807, 2.05) is 5.48 Å². The molecule has 1 aromatic carbocycles. The van der Waals surface area contributed by atoms with Crippen LogP contribution in [0, 0.1) is 0 Å². The number of nitrogens with zero attached hydrogens (tertiary/aromatic N) is 1. The standard InChI is InChI=1S/C16H21F3N2O4S/c17-16(18,19)13-4-3-11-5-6-21(9-12(11)8-13)26(23,24)10-14(20-22)15-2-1-7-25-15/h3-4,8,14-15,20,22H,1-2,5-7,9-10H2/t14?,15-/m1/s1. The molecule has 1 fully saturated rings. The second-order valence-corrected chi connectivity index (χ2v) is 8.64. The highest BCUT2D eigenvalue weighted by molar-refractivity contribution is 7.89. The Balaban J connectivity index is 1.76. The first-order valence-corrected chi connectivity index (χ1v) is 9.99. The number of sulfonamides is 1. The molecule has 146 valence electrons. The quantitative estimate of drug-likeness (QED) is 0.746. The molecule has 1 saturated heterocycles. The van der Waals surface area contributed by atoms with Crippen LogP contribution >= 0.6 is 0 Å². The Morgan fingerprint density at radius 2 is 2.12 bits per heavy atom. The highest BCUT2D eigenvalue weighted by Crippen LogP contribution is 2.32. The minimum atomic E-state index is -4.47. The Hall–Kier alpha value is -1.20. The van der Waals surface area contributed by atoms with Gasteiger partial charge in [0.2, 0.25) is 10.0 Å². The smallest absolute Gasteiger partial charge is 0.376 e. The van der Waals surface area contributed by atoms with Crippen LogP contribution in [0.5, 0.6) is 0 Å². The van der Waals surface area contributed by atoms with Gasteiger partial charge >= 0.3 is 6.18 Å². The molecule has 0 aromatic heterocycles. The summed E-state index contributed by atoms with van der Waals surface area (Å²) in [5.41, 5.74) is 2.30. The second kappa shape index (κ2) is 7.43. The second-order valence-electron chi connectivity index (χ2n) is 6.63. The number of alkyl halides is 3. The molecule has 0 spiro atoms. The molecule has 0 aliphatic carbocycles. The lowest BCUT2D eigenvalue weighted by Gasteiger charge is -2.30. The Morgan fingerprint density at radius 1 is 1.35 bits per heavy atom. The van der Waals surface area contributed by atoms with E-state index >= 15 is 0 Å². The van der Waals surface area contributed by atoms with Crippen LogP contribution < -0.4 is 5.48 Å². The van der Waals surface area contributed by atoms with Gasteiger partial charge in [-0.25, -0.2) is 8.42 Å². The maximum atomic E-state index is 12.9. The molecule has 2 heterocycles. The summed E-state index contributed by atoms with van der Waals surface area (Å²) in [7, 11) is -3.77. The highest BCUT2D eigenvalue weighted by atomic mass is 32.2. The Bertz CT molecular complexity index is 748. The minimum absolute atomic E-state index is 0.106. The first-order valence-electron chi connectivity index (χ1n) is 8.39. The fraction of sp³-hybridized carbons (Fsp3) is 0.625. The van der Waals surface area contributed by atoms with Gasteiger partial charge in [0.05, 0.1) is 23.5 Å². The molecule has 2 aliphatic heterocycles. The van der Waals surface area contributed by atoms with Crippen molar-refractivity contribution in [3.05, 3.63) is 34.9 Å². The number of rotatable bonds is 5. The van der Waals surface area contributed by atoms with Gasteiger partial charge in [0.1, 0.15) is 0 Å². The third kappa shape index (κ3) is 4.20. The van der Waals surface area contributed by atoms with Gasteiger partial charge in [-0.3, -0.25) is 0 Å². The van der Waals surface area contributed by atoms with Crippen LogP contribution in [0.15, 0.2) is 18.2 Å². The van der Waals surface area contributed by atoms with E-state index in [-0.39, 0.29) is 18.8 Å². The van der Waals surface area contributed by atoms with Crippen LogP contribution in [0.1, 0.15) is 29.5 Å². The van der Waals surface area contributed by atoms with Gasteiger partial charge < -0.3 is 9.94 Å². The van der Waals surface area contributed by atoms with E-state index in [4.69, 9.17) is 4.74 Å². The molecule has 0 saturated carbocycles. The van der Waals surface area contributed by atoms with Crippen LogP contribution in [0.3, 0.4) is 0 Å². The molecule has 2 aliphatic rings. The molecule has 10 heteroatoms. The fourth-order valence-electron chi connectivity index (χ4n) is 3.42. The molecular weight excluding hydrogens is 373 g/mol. The molecule has 0 amide bonds. The summed E-state index contributed by atoms with van der Waals surface area (Å²) < 4.78 is 70.7. The summed E-state index contributed by atoms with van der Waals surface area (Å²) in [6.07, 6.45) is -3.08. The van der Waals surface area contributed by atoms with Gasteiger partial charge in [0.25, 0.3) is 0 Å². The summed E-state index contributed by atoms with van der Waals surface area (Å²) in [4.78, 5) is 0. The third-order valence-electron chi connectivity index (χ3n) is 4.87. The zero-order valence-electron chi connectivity index (χ0n) is 14.0. The van der Waals surface area contributed by atoms with Crippen molar-refractivity contribution in [1.29, 1.82) is 0 Å². The normalized spacial score (nSPS) is 23.0. The molecule has 26 heavy (non-hydrogen) atoms. The summed E-state index contributed by atoms with van der Waals surface area (Å²) in [5.74, 6) is -0.373. The summed E-state index contributed by atoms with van der Waals surface area (Å²) in [6, 6.07) is 2.67. The minimum Gasteiger partial charge on any atom is -0.376 e. The largest absolute Gasteiger partial charge is 0.416 e. The number of ether oxygens (including phenoxy) is 1. The van der Waals surface area contributed by atoms with Gasteiger partial charge in [-0.1, -0.05) is 6.07 Å². The monoisotopic (exact) mass is 394 g/mol. The van der Waals surface area contributed by atoms with Crippen molar-refractivity contribution in [3.63, 3.8) is 0 Å². The van der Waals surface area contributed by atoms with Crippen molar-refractivity contribution in [1.82, 2.24) is 9.79 Å². The average Bonchev–Trinajstić information content (AvgIpc) is 3.12. The SMILES string of the molecule is O=S(=O)(CC(NO)[C@H]1CCCO1)N1CCc2ccc(C(F)(F)F)cc2C1. The highest BCUT2D eigenvalue weighted by Gasteiger charge is 2.36. The zero-order valence-corrected chi connectivity index (χ0v) is 14.8. The number of benzene rings is 1. The lowest BCUT2D eigenvalue weighted by Crippen LogP contribution is -2.48. The van der Waals surface area contributed by atoms with Crippen LogP contribution in [0.25, 0.3) is 0 Å². The van der Waals surface area contributed by atoms with Gasteiger partial charge in [0.15, 0.2) is 0 Å². The summed E-state index contributed by atoms with van der Waals surface area (Å²) in [5, 5.41) is 9.29. The van der Waals surface area contributed by atoms with Crippen LogP contribution in [0.2, 0.25) is 0 Å². The van der Waals surface area contributed by atoms with E-state index in [1.165, 1.54) is 10.4 Å². The van der Waals surface area contributed by atoms with Crippen LogP contribution in [-0.2, 0) is 33.9 Å². The maximum Gasteiger partial charge on any atom is 0.416 e. The van der Waals surface area contributed by atoms with E-state index in [1.54, 1.807) is 0 Å². The number of hydroxylamine groups is 1. The predicted octanol–water partition coefficient (Wildman–Crippen LogP) is 1.92. The number of halogens is 3. The molecule has 3 rings (SSSR count). The lowest BCUT2D eigenvalue weighted by molar-refractivity contribution is -0.137. The molecule has 2 N–H and O–H groups in total. The fourth-order valence-corrected chi connectivity index (χ4v) is 5.08. The lowest BCUT2D eigenvalue weighted by atomic mass is 9.98. The van der Waals surface area contributed by atoms with Crippen molar-refractivity contribution in [2.45, 2.75) is 44.1 Å². The van der Waals surface area contributed by atoms with Crippen molar-refractivity contribution < 1.29 is 31.5 Å². The van der Waals surface area contributed by atoms with E-state index in [9.17, 15) is 26.8 Å². The molecule has 0 radical (unpaired) electrons. The van der Waals surface area contributed by atoms with E-state index in [0.717, 1.165) is 24.1 Å². The zero-order chi connectivity index (χ0) is 18.9. The first kappa shape index (κ1) is 19.6. The van der Waals surface area contributed by atoms with Gasteiger partial charge in [-0.2, -0.15) is 23.0 Å². The number of nitrogens with one attached hydrogen (secondary N) is 1. The number of fused-ring (bicyclic) bond motifs is 1. The maximum absolute atomic E-state index is 12.9. The van der Waals surface area contributed by atoms with Gasteiger partial charge in [-0.15, -0.1) is 0 Å². The van der Waals surface area contributed by atoms with E-state index < -0.39 is 33.9 Å². The summed E-state index contributed by atoms with van der Waals surface area (Å²) >= 11 is 0. The van der Waals surface area contributed by atoms with Crippen molar-refractivity contribution in [2.75, 3.05) is 18.9 Å². The van der Waals surface area contributed by atoms with Gasteiger partial charge in [0, 0.05) is 19.7 Å². The Kier molecular flexibility index (Phi) is 5.59. The predicted molar refractivity (Wildman–Crippen MR) is 87.0 cm³/mol. The third-order valence-corrected chi connectivity index (χ3v) is 6.75. The molecule has 0 bridgehead atoms. The van der Waals surface area contributed by atoms with Crippen LogP contribution in [-0.4, -0.2) is 49.0 Å². The topological polar surface area (TPSA) is 78.9 Å². The van der Waals surface area contributed by atoms with Crippen molar-refractivity contribution in [2.24, 2.45) is 0 Å². The molecule has 2 atom stereocenters. The number of hydrogen-bond acceptors (Lipinski definition) is 5. The van der Waals surface area contributed by atoms with E-state index in [0.29, 0.717) is 25.0 Å².